The van der Waals surface area contributed by atoms with E-state index in [4.69, 9.17) is 9.47 Å². The molecule has 0 bridgehead atoms. The number of methoxy groups -OCH3 is 2. The minimum absolute atomic E-state index is 0.190. The van der Waals surface area contributed by atoms with Gasteiger partial charge in [-0.1, -0.05) is 0 Å². The molecule has 1 saturated heterocycles. The first kappa shape index (κ1) is 33.6. The first-order valence-electron chi connectivity index (χ1n) is 11.8. The molecule has 0 radical (unpaired) electrons. The van der Waals surface area contributed by atoms with Crippen LogP contribution in [0.2, 0.25) is 0 Å². The summed E-state index contributed by atoms with van der Waals surface area (Å²) in [5, 5.41) is 19.5. The van der Waals surface area contributed by atoms with Crippen molar-refractivity contribution in [2.24, 2.45) is 14.1 Å². The first-order valence-corrected chi connectivity index (χ1v) is 11.8. The average molecular weight is 603 g/mol. The predicted octanol–water partition coefficient (Wildman–Crippen LogP) is 2.93. The number of aromatic nitrogens is 4. The molecule has 13 nitrogen and oxygen atoms in total. The van der Waals surface area contributed by atoms with Crippen molar-refractivity contribution < 1.29 is 50.5 Å². The quantitative estimate of drug-likeness (QED) is 0.384. The molecule has 2 aromatic rings. The van der Waals surface area contributed by atoms with E-state index in [1.165, 1.54) is 38.1 Å². The van der Waals surface area contributed by atoms with Crippen LogP contribution in [-0.4, -0.2) is 99.4 Å². The number of nitrogens with one attached hydrogen (secondary N) is 1. The molecule has 0 spiro atoms. The Morgan fingerprint density at radius 2 is 1.51 bits per heavy atom. The van der Waals surface area contributed by atoms with Crippen LogP contribution >= 0.6 is 0 Å². The number of hydrogen-bond donors (Lipinski definition) is 2. The van der Waals surface area contributed by atoms with Crippen LogP contribution in [-0.2, 0) is 35.9 Å². The molecule has 0 aliphatic carbocycles. The van der Waals surface area contributed by atoms with Crippen molar-refractivity contribution in [3.8, 4) is 0 Å². The Morgan fingerprint density at radius 3 is 1.90 bits per heavy atom. The van der Waals surface area contributed by atoms with Crippen LogP contribution in [0.5, 0.6) is 0 Å². The summed E-state index contributed by atoms with van der Waals surface area (Å²) >= 11 is 0. The highest BCUT2D eigenvalue weighted by Gasteiger charge is 2.44. The van der Waals surface area contributed by atoms with E-state index in [0.717, 1.165) is 31.1 Å². The summed E-state index contributed by atoms with van der Waals surface area (Å²) in [4.78, 5) is 27.2. The molecule has 3 heterocycles. The molecule has 2 aromatic heterocycles. The number of alkyl halides is 6. The first-order chi connectivity index (χ1) is 18.8. The normalized spacial score (nSPS) is 18.5. The van der Waals surface area contributed by atoms with Gasteiger partial charge in [-0.05, 0) is 13.8 Å². The van der Waals surface area contributed by atoms with Crippen LogP contribution in [0.25, 0.3) is 0 Å². The summed E-state index contributed by atoms with van der Waals surface area (Å²) in [6.07, 6.45) is -11.0. The number of rotatable bonds is 6. The smallest absolute Gasteiger partial charge is 0.371 e. The third-order valence-corrected chi connectivity index (χ3v) is 6.41. The van der Waals surface area contributed by atoms with Gasteiger partial charge in [-0.15, -0.1) is 0 Å². The van der Waals surface area contributed by atoms with E-state index in [1.54, 1.807) is 13.8 Å². The maximum atomic E-state index is 12.7. The maximum Gasteiger partial charge on any atom is 0.433 e. The minimum atomic E-state index is -4.56. The van der Waals surface area contributed by atoms with Crippen LogP contribution in [0, 0.1) is 0 Å². The molecule has 4 amide bonds. The van der Waals surface area contributed by atoms with Crippen molar-refractivity contribution in [2.45, 2.75) is 50.8 Å². The molecule has 3 rings (SSSR count). The molecule has 19 heteroatoms. The fraction of sp³-hybridized carbons (Fsp3) is 0.636. The Bertz CT molecular complexity index is 1210. The van der Waals surface area contributed by atoms with Crippen LogP contribution in [0.1, 0.15) is 25.2 Å². The Kier molecular flexibility index (Phi) is 10.3. The van der Waals surface area contributed by atoms with Crippen LogP contribution < -0.4 is 10.2 Å². The number of aliphatic hydroxyl groups is 1. The summed E-state index contributed by atoms with van der Waals surface area (Å²) < 4.78 is 87.4. The largest absolute Gasteiger partial charge is 0.433 e. The van der Waals surface area contributed by atoms with Crippen molar-refractivity contribution in [3.63, 3.8) is 0 Å². The zero-order valence-electron chi connectivity index (χ0n) is 23.4. The Morgan fingerprint density at radius 1 is 1.02 bits per heavy atom. The minimum Gasteiger partial charge on any atom is -0.371 e. The lowest BCUT2D eigenvalue weighted by atomic mass is 10.3. The second kappa shape index (κ2) is 12.5. The van der Waals surface area contributed by atoms with Gasteiger partial charge in [0.15, 0.2) is 24.2 Å². The molecule has 2 N–H and O–H groups in total. The third-order valence-electron chi connectivity index (χ3n) is 6.41. The van der Waals surface area contributed by atoms with E-state index in [2.05, 4.69) is 15.5 Å². The number of ether oxygens (including phenoxy) is 2. The molecule has 0 saturated carbocycles. The predicted molar refractivity (Wildman–Crippen MR) is 132 cm³/mol. The van der Waals surface area contributed by atoms with Gasteiger partial charge < -0.3 is 24.4 Å². The third kappa shape index (κ3) is 7.39. The SMILES string of the molecule is CC1C(O)N(c2cc(C(F)(F)F)n(C)n2)C(=O)N1C.COC(OC)C(C)N(C)C(=O)Nc1cc(C(F)(F)F)n(C)n1. The number of urea groups is 2. The zero-order valence-corrected chi connectivity index (χ0v) is 23.4. The van der Waals surface area contributed by atoms with E-state index in [9.17, 15) is 41.0 Å². The van der Waals surface area contributed by atoms with E-state index in [1.807, 2.05) is 0 Å². The van der Waals surface area contributed by atoms with Gasteiger partial charge in [-0.25, -0.2) is 14.5 Å². The second-order valence-electron chi connectivity index (χ2n) is 9.08. The van der Waals surface area contributed by atoms with Gasteiger partial charge in [-0.2, -0.15) is 36.5 Å². The van der Waals surface area contributed by atoms with Crippen molar-refractivity contribution in [1.29, 1.82) is 0 Å². The number of anilines is 2. The van der Waals surface area contributed by atoms with Gasteiger partial charge in [0, 0.05) is 54.5 Å². The van der Waals surface area contributed by atoms with E-state index < -0.39 is 60.4 Å². The number of nitrogens with zero attached hydrogens (tertiary/aromatic N) is 7. The van der Waals surface area contributed by atoms with E-state index in [0.29, 0.717) is 9.36 Å². The molecular weight excluding hydrogens is 570 g/mol. The van der Waals surface area contributed by atoms with Gasteiger partial charge in [0.25, 0.3) is 0 Å². The number of aryl methyl sites for hydroxylation is 2. The highest BCUT2D eigenvalue weighted by molar-refractivity contribution is 5.94. The van der Waals surface area contributed by atoms with Crippen molar-refractivity contribution >= 4 is 23.7 Å². The molecule has 41 heavy (non-hydrogen) atoms. The van der Waals surface area contributed by atoms with Crippen molar-refractivity contribution in [2.75, 3.05) is 38.5 Å². The molecule has 1 fully saturated rings. The van der Waals surface area contributed by atoms with Gasteiger partial charge in [0.1, 0.15) is 11.4 Å². The number of amides is 4. The maximum absolute atomic E-state index is 12.7. The van der Waals surface area contributed by atoms with Crippen molar-refractivity contribution in [3.05, 3.63) is 23.5 Å². The van der Waals surface area contributed by atoms with Crippen LogP contribution in [0.15, 0.2) is 12.1 Å². The lowest BCUT2D eigenvalue weighted by Gasteiger charge is -2.29. The second-order valence-corrected chi connectivity index (χ2v) is 9.08. The summed E-state index contributed by atoms with van der Waals surface area (Å²) in [7, 11) is 8.06. The molecule has 232 valence electrons. The Balaban J connectivity index is 0.000000289. The molecule has 3 atom stereocenters. The highest BCUT2D eigenvalue weighted by Crippen LogP contribution is 2.34. The standard InChI is InChI=1S/C12H19F3N4O3.C10H13F3N4O2/c1-7(10(21-4)22-5)18(2)11(20)16-9-6-8(12(13,14)15)19(3)17-9;1-5-8(18)17(9(19)15(5)2)7-4-6(10(11,12)13)16(3)14-7/h6-7,10H,1-5H3,(H,16,17,20);4-5,8,18H,1-3H3. The Hall–Kier alpha value is -3.58. The number of carbonyl (C=O) groups excluding carboxylic acids is 2. The Labute approximate surface area is 231 Å². The zero-order chi connectivity index (χ0) is 31.6. The molecule has 0 aromatic carbocycles. The summed E-state index contributed by atoms with van der Waals surface area (Å²) in [6.45, 7) is 3.27. The van der Waals surface area contributed by atoms with Gasteiger partial charge in [0.2, 0.25) is 0 Å². The van der Waals surface area contributed by atoms with Gasteiger partial charge in [0.05, 0.1) is 12.1 Å². The van der Waals surface area contributed by atoms with Crippen LogP contribution in [0.3, 0.4) is 0 Å². The molecule has 3 unspecified atom stereocenters. The molecule has 1 aliphatic heterocycles. The number of likely N-dealkylation sites (N-methyl/N-ethyl adjacent to an activating group) is 2. The lowest BCUT2D eigenvalue weighted by Crippen LogP contribution is -2.46. The topological polar surface area (TPSA) is 130 Å². The highest BCUT2D eigenvalue weighted by atomic mass is 19.4. The number of carbonyl (C=O) groups is 2. The molecule has 1 aliphatic rings. The summed E-state index contributed by atoms with van der Waals surface area (Å²) in [5.41, 5.74) is -1.94. The summed E-state index contributed by atoms with van der Waals surface area (Å²) in [5.74, 6) is -0.409. The number of hydrogen-bond acceptors (Lipinski definition) is 7. The fourth-order valence-electron chi connectivity index (χ4n) is 3.79. The number of aliphatic hydroxyl groups excluding tert-OH is 1. The fourth-order valence-corrected chi connectivity index (χ4v) is 3.79. The van der Waals surface area contributed by atoms with E-state index >= 15 is 0 Å². The van der Waals surface area contributed by atoms with Crippen LogP contribution in [0.4, 0.5) is 47.6 Å². The van der Waals surface area contributed by atoms with Crippen molar-refractivity contribution in [1.82, 2.24) is 29.4 Å². The van der Waals surface area contributed by atoms with Gasteiger partial charge in [-0.3, -0.25) is 14.7 Å². The number of halogens is 6. The molecular formula is C22H32F6N8O5. The van der Waals surface area contributed by atoms with E-state index in [-0.39, 0.29) is 11.6 Å². The monoisotopic (exact) mass is 602 g/mol. The lowest BCUT2D eigenvalue weighted by molar-refractivity contribution is -0.144. The van der Waals surface area contributed by atoms with Gasteiger partial charge >= 0.3 is 24.4 Å². The average Bonchev–Trinajstić information content (AvgIpc) is 3.50. The summed E-state index contributed by atoms with van der Waals surface area (Å²) in [6, 6.07) is -0.692.